The summed E-state index contributed by atoms with van der Waals surface area (Å²) in [6, 6.07) is 0. The number of hydrogen-bond donors (Lipinski definition) is 2. The van der Waals surface area contributed by atoms with E-state index in [0.717, 1.165) is 18.9 Å². The quantitative estimate of drug-likeness (QED) is 0.753. The van der Waals surface area contributed by atoms with Crippen LogP contribution in [0.2, 0.25) is 0 Å². The molecule has 1 heterocycles. The lowest BCUT2D eigenvalue weighted by molar-refractivity contribution is -0.139. The number of carboxylic acids is 2. The van der Waals surface area contributed by atoms with Crippen molar-refractivity contribution in [3.05, 3.63) is 11.8 Å². The molecule has 0 aromatic rings. The Kier molecular flexibility index (Phi) is 3.74. The number of piperidine rings is 1. The van der Waals surface area contributed by atoms with Crippen molar-refractivity contribution in [2.45, 2.75) is 46.1 Å². The zero-order valence-corrected chi connectivity index (χ0v) is 11.4. The molecule has 18 heavy (non-hydrogen) atoms. The van der Waals surface area contributed by atoms with E-state index in [1.54, 1.807) is 4.90 Å². The van der Waals surface area contributed by atoms with Gasteiger partial charge in [-0.25, -0.2) is 9.59 Å². The monoisotopic (exact) mass is 255 g/mol. The van der Waals surface area contributed by atoms with Gasteiger partial charge in [0.1, 0.15) is 5.70 Å². The molecular formula is C13H21NO4. The molecule has 0 bridgehead atoms. The SMILES string of the molecule is CC1(C)CCCN(/C(=C/C(=O)O)C(=O)O)C1(C)C. The second-order valence-electron chi connectivity index (χ2n) is 5.87. The summed E-state index contributed by atoms with van der Waals surface area (Å²) in [5.74, 6) is -2.42. The summed E-state index contributed by atoms with van der Waals surface area (Å²) in [4.78, 5) is 23.7. The van der Waals surface area contributed by atoms with Crippen molar-refractivity contribution in [3.8, 4) is 0 Å². The zero-order valence-electron chi connectivity index (χ0n) is 11.4. The number of carboxylic acid groups (broad SMARTS) is 2. The second kappa shape index (κ2) is 4.63. The summed E-state index contributed by atoms with van der Waals surface area (Å²) in [6.45, 7) is 8.66. The zero-order chi connectivity index (χ0) is 14.1. The van der Waals surface area contributed by atoms with E-state index in [2.05, 4.69) is 13.8 Å². The Morgan fingerprint density at radius 1 is 1.17 bits per heavy atom. The first kappa shape index (κ1) is 14.5. The van der Waals surface area contributed by atoms with Gasteiger partial charge in [-0.3, -0.25) is 0 Å². The number of aliphatic carboxylic acids is 2. The van der Waals surface area contributed by atoms with Crippen LogP contribution in [0.3, 0.4) is 0 Å². The molecule has 0 aromatic carbocycles. The van der Waals surface area contributed by atoms with Gasteiger partial charge in [0.15, 0.2) is 0 Å². The van der Waals surface area contributed by atoms with E-state index in [4.69, 9.17) is 5.11 Å². The molecule has 5 nitrogen and oxygen atoms in total. The van der Waals surface area contributed by atoms with Gasteiger partial charge in [-0.15, -0.1) is 0 Å². The van der Waals surface area contributed by atoms with Crippen molar-refractivity contribution in [1.29, 1.82) is 0 Å². The second-order valence-corrected chi connectivity index (χ2v) is 5.87. The predicted molar refractivity (Wildman–Crippen MR) is 67.2 cm³/mol. The third-order valence-corrected chi connectivity index (χ3v) is 4.28. The molecule has 5 heteroatoms. The van der Waals surface area contributed by atoms with Crippen LogP contribution in [-0.4, -0.2) is 39.1 Å². The van der Waals surface area contributed by atoms with Gasteiger partial charge in [0.2, 0.25) is 0 Å². The van der Waals surface area contributed by atoms with E-state index >= 15 is 0 Å². The number of hydrogen-bond acceptors (Lipinski definition) is 3. The maximum absolute atomic E-state index is 11.3. The molecule has 0 amide bonds. The number of nitrogens with zero attached hydrogens (tertiary/aromatic N) is 1. The summed E-state index contributed by atoms with van der Waals surface area (Å²) >= 11 is 0. The Hall–Kier alpha value is -1.52. The van der Waals surface area contributed by atoms with E-state index in [1.165, 1.54) is 0 Å². The molecule has 1 rings (SSSR count). The molecule has 0 atom stereocenters. The summed E-state index contributed by atoms with van der Waals surface area (Å²) < 4.78 is 0. The Labute approximate surface area is 107 Å². The molecule has 0 saturated carbocycles. The minimum atomic E-state index is -1.23. The average Bonchev–Trinajstić information content (AvgIpc) is 2.18. The van der Waals surface area contributed by atoms with E-state index in [1.807, 2.05) is 13.8 Å². The summed E-state index contributed by atoms with van der Waals surface area (Å²) in [5.41, 5.74) is -0.608. The van der Waals surface area contributed by atoms with Crippen LogP contribution in [0.4, 0.5) is 0 Å². The van der Waals surface area contributed by atoms with Crippen LogP contribution in [0.5, 0.6) is 0 Å². The van der Waals surface area contributed by atoms with Crippen molar-refractivity contribution in [3.63, 3.8) is 0 Å². The lowest BCUT2D eigenvalue weighted by Crippen LogP contribution is -2.57. The third-order valence-electron chi connectivity index (χ3n) is 4.28. The van der Waals surface area contributed by atoms with E-state index in [-0.39, 0.29) is 11.1 Å². The van der Waals surface area contributed by atoms with E-state index < -0.39 is 17.5 Å². The maximum atomic E-state index is 11.3. The Bertz CT molecular complexity index is 396. The van der Waals surface area contributed by atoms with Crippen LogP contribution < -0.4 is 0 Å². The van der Waals surface area contributed by atoms with Crippen LogP contribution in [0.15, 0.2) is 11.8 Å². The minimum absolute atomic E-state index is 0.0711. The maximum Gasteiger partial charge on any atom is 0.352 e. The van der Waals surface area contributed by atoms with Crippen LogP contribution in [0, 0.1) is 5.41 Å². The van der Waals surface area contributed by atoms with Gasteiger partial charge in [0, 0.05) is 12.1 Å². The van der Waals surface area contributed by atoms with Gasteiger partial charge in [-0.05, 0) is 32.1 Å². The largest absolute Gasteiger partial charge is 0.478 e. The van der Waals surface area contributed by atoms with Crippen molar-refractivity contribution < 1.29 is 19.8 Å². The first-order valence-electron chi connectivity index (χ1n) is 6.05. The van der Waals surface area contributed by atoms with Crippen LogP contribution >= 0.6 is 0 Å². The molecule has 1 aliphatic heterocycles. The lowest BCUT2D eigenvalue weighted by atomic mass is 9.67. The molecule has 0 aromatic heterocycles. The normalized spacial score (nSPS) is 22.7. The highest BCUT2D eigenvalue weighted by Gasteiger charge is 2.46. The number of likely N-dealkylation sites (tertiary alicyclic amines) is 1. The number of carbonyl (C=O) groups is 2. The van der Waals surface area contributed by atoms with Gasteiger partial charge in [0.05, 0.1) is 6.08 Å². The van der Waals surface area contributed by atoms with Crippen molar-refractivity contribution >= 4 is 11.9 Å². The molecule has 1 fully saturated rings. The molecule has 1 saturated heterocycles. The summed E-state index contributed by atoms with van der Waals surface area (Å²) in [6.07, 6.45) is 2.64. The summed E-state index contributed by atoms with van der Waals surface area (Å²) in [5, 5.41) is 18.0. The molecule has 102 valence electrons. The van der Waals surface area contributed by atoms with Gasteiger partial charge in [0.25, 0.3) is 0 Å². The van der Waals surface area contributed by atoms with Gasteiger partial charge < -0.3 is 15.1 Å². The highest BCUT2D eigenvalue weighted by atomic mass is 16.4. The summed E-state index contributed by atoms with van der Waals surface area (Å²) in [7, 11) is 0. The fourth-order valence-corrected chi connectivity index (χ4v) is 2.42. The molecule has 0 aliphatic carbocycles. The van der Waals surface area contributed by atoms with Crippen molar-refractivity contribution in [2.75, 3.05) is 6.54 Å². The highest BCUT2D eigenvalue weighted by Crippen LogP contribution is 2.44. The first-order chi connectivity index (χ1) is 8.09. The number of rotatable bonds is 3. The van der Waals surface area contributed by atoms with Crippen molar-refractivity contribution in [1.82, 2.24) is 4.90 Å². The topological polar surface area (TPSA) is 77.8 Å². The minimum Gasteiger partial charge on any atom is -0.478 e. The first-order valence-corrected chi connectivity index (χ1v) is 6.05. The Morgan fingerprint density at radius 3 is 2.17 bits per heavy atom. The molecule has 0 spiro atoms. The van der Waals surface area contributed by atoms with Gasteiger partial charge in [-0.2, -0.15) is 0 Å². The highest BCUT2D eigenvalue weighted by molar-refractivity contribution is 5.94. The average molecular weight is 255 g/mol. The van der Waals surface area contributed by atoms with Crippen LogP contribution in [0.1, 0.15) is 40.5 Å². The van der Waals surface area contributed by atoms with Crippen molar-refractivity contribution in [2.24, 2.45) is 5.41 Å². The Balaban J connectivity index is 3.20. The van der Waals surface area contributed by atoms with Gasteiger partial charge >= 0.3 is 11.9 Å². The molecule has 0 radical (unpaired) electrons. The van der Waals surface area contributed by atoms with E-state index in [9.17, 15) is 14.7 Å². The standard InChI is InChI=1S/C13H21NO4/c1-12(2)6-5-7-14(13(12,3)4)9(11(17)18)8-10(15)16/h8H,5-7H2,1-4H3,(H,15,16)(H,17,18)/b9-8+. The molecule has 0 unspecified atom stereocenters. The van der Waals surface area contributed by atoms with E-state index in [0.29, 0.717) is 6.54 Å². The molecular weight excluding hydrogens is 234 g/mol. The fourth-order valence-electron chi connectivity index (χ4n) is 2.42. The van der Waals surface area contributed by atoms with Crippen LogP contribution in [0.25, 0.3) is 0 Å². The smallest absolute Gasteiger partial charge is 0.352 e. The van der Waals surface area contributed by atoms with Gasteiger partial charge in [-0.1, -0.05) is 13.8 Å². The third kappa shape index (κ3) is 2.49. The molecule has 2 N–H and O–H groups in total. The predicted octanol–water partition coefficient (Wildman–Crippen LogP) is 1.94. The fraction of sp³-hybridized carbons (Fsp3) is 0.692. The lowest BCUT2D eigenvalue weighted by Gasteiger charge is -2.54. The molecule has 1 aliphatic rings. The Morgan fingerprint density at radius 2 is 1.72 bits per heavy atom. The van der Waals surface area contributed by atoms with Crippen LogP contribution in [-0.2, 0) is 9.59 Å².